The molecule has 0 saturated carbocycles. The maximum Gasteiger partial charge on any atom is 0.246 e. The molecule has 0 radical (unpaired) electrons. The van der Waals surface area contributed by atoms with E-state index < -0.39 is 10.0 Å². The number of fused-ring (bicyclic) bond motifs is 1. The number of sulfonamides is 1. The highest BCUT2D eigenvalue weighted by molar-refractivity contribution is 7.89. The van der Waals surface area contributed by atoms with E-state index >= 15 is 0 Å². The molecular weight excluding hydrogens is 376 g/mol. The lowest BCUT2D eigenvalue weighted by atomic mass is 10.2. The second kappa shape index (κ2) is 6.39. The summed E-state index contributed by atoms with van der Waals surface area (Å²) in [7, 11) is -3.74. The van der Waals surface area contributed by atoms with Crippen molar-refractivity contribution in [1.29, 1.82) is 0 Å². The molecule has 3 aromatic rings. The van der Waals surface area contributed by atoms with E-state index in [4.69, 9.17) is 21.3 Å². The van der Waals surface area contributed by atoms with Crippen molar-refractivity contribution in [3.05, 3.63) is 58.9 Å². The third kappa shape index (κ3) is 3.31. The summed E-state index contributed by atoms with van der Waals surface area (Å²) in [6, 6.07) is 12.1. The third-order valence-corrected chi connectivity index (χ3v) is 5.44. The minimum atomic E-state index is -3.74. The molecule has 0 bridgehead atoms. The molecule has 26 heavy (non-hydrogen) atoms. The number of benzene rings is 2. The van der Waals surface area contributed by atoms with Gasteiger partial charge in [-0.05, 0) is 48.4 Å². The van der Waals surface area contributed by atoms with Crippen LogP contribution in [0, 0.1) is 0 Å². The van der Waals surface area contributed by atoms with Crippen molar-refractivity contribution in [1.82, 2.24) is 10.1 Å². The number of hydrogen-bond acceptors (Lipinski definition) is 6. The van der Waals surface area contributed by atoms with Crippen LogP contribution in [0.15, 0.2) is 51.9 Å². The maximum atomic E-state index is 11.6. The van der Waals surface area contributed by atoms with Crippen molar-refractivity contribution >= 4 is 27.3 Å². The average Bonchev–Trinajstić information content (AvgIpc) is 3.22. The number of anilines is 1. The molecule has 7 nitrogen and oxygen atoms in total. The molecule has 9 heteroatoms. The number of hydrogen-bond donors (Lipinski definition) is 1. The van der Waals surface area contributed by atoms with E-state index in [2.05, 4.69) is 10.1 Å². The highest BCUT2D eigenvalue weighted by Gasteiger charge is 2.23. The maximum absolute atomic E-state index is 11.6. The Labute approximate surface area is 155 Å². The van der Waals surface area contributed by atoms with Crippen LogP contribution < -0.4 is 10.0 Å². The predicted octanol–water partition coefficient (Wildman–Crippen LogP) is 2.60. The van der Waals surface area contributed by atoms with Gasteiger partial charge in [-0.1, -0.05) is 22.8 Å². The molecule has 4 rings (SSSR count). The van der Waals surface area contributed by atoms with Crippen molar-refractivity contribution in [2.45, 2.75) is 17.9 Å². The highest BCUT2D eigenvalue weighted by atomic mass is 35.5. The number of rotatable bonds is 4. The molecule has 0 atom stereocenters. The highest BCUT2D eigenvalue weighted by Crippen LogP contribution is 2.31. The second-order valence-corrected chi connectivity index (χ2v) is 8.02. The lowest BCUT2D eigenvalue weighted by molar-refractivity contribution is 0.377. The monoisotopic (exact) mass is 390 g/mol. The summed E-state index contributed by atoms with van der Waals surface area (Å²) in [5, 5.41) is 9.87. The minimum Gasteiger partial charge on any atom is -0.362 e. The van der Waals surface area contributed by atoms with Gasteiger partial charge in [-0.25, -0.2) is 13.6 Å². The Bertz CT molecular complexity index is 1060. The molecule has 0 spiro atoms. The standard InChI is InChI=1S/C17H15ClN4O3S/c18-13-4-1-12(2-5-13)17-20-16(25-21-17)10-22-8-7-11-3-6-14(9-15(11)22)26(19,23)24/h1-6,9H,7-8,10H2,(H2,19,23,24). The number of nitrogens with zero attached hydrogens (tertiary/aromatic N) is 3. The quantitative estimate of drug-likeness (QED) is 0.734. The molecule has 0 saturated heterocycles. The Kier molecular flexibility index (Phi) is 4.18. The van der Waals surface area contributed by atoms with E-state index in [-0.39, 0.29) is 4.90 Å². The molecular formula is C17H15ClN4O3S. The van der Waals surface area contributed by atoms with E-state index in [1.807, 2.05) is 17.0 Å². The number of aromatic nitrogens is 2. The Hall–Kier alpha value is -2.42. The first-order valence-corrected chi connectivity index (χ1v) is 9.82. The van der Waals surface area contributed by atoms with Gasteiger partial charge in [-0.3, -0.25) is 0 Å². The smallest absolute Gasteiger partial charge is 0.246 e. The summed E-state index contributed by atoms with van der Waals surface area (Å²) in [5.74, 6) is 0.929. The molecule has 1 aliphatic heterocycles. The number of primary sulfonamides is 1. The van der Waals surface area contributed by atoms with Gasteiger partial charge in [-0.2, -0.15) is 4.98 Å². The molecule has 2 aromatic carbocycles. The Morgan fingerprint density at radius 3 is 2.69 bits per heavy atom. The van der Waals surface area contributed by atoms with Crippen LogP contribution in [0.2, 0.25) is 5.02 Å². The van der Waals surface area contributed by atoms with Crippen LogP contribution in [0.4, 0.5) is 5.69 Å². The van der Waals surface area contributed by atoms with Gasteiger partial charge in [0.05, 0.1) is 11.4 Å². The van der Waals surface area contributed by atoms with Crippen LogP contribution in [0.5, 0.6) is 0 Å². The van der Waals surface area contributed by atoms with E-state index in [0.29, 0.717) is 23.3 Å². The van der Waals surface area contributed by atoms with Gasteiger partial charge >= 0.3 is 0 Å². The SMILES string of the molecule is NS(=O)(=O)c1ccc2c(c1)N(Cc1nc(-c3ccc(Cl)cc3)no1)CC2. The molecule has 1 aliphatic rings. The van der Waals surface area contributed by atoms with Crippen molar-refractivity contribution in [2.24, 2.45) is 5.14 Å². The first-order chi connectivity index (χ1) is 12.4. The van der Waals surface area contributed by atoms with E-state index in [1.54, 1.807) is 24.3 Å². The van der Waals surface area contributed by atoms with Crippen molar-refractivity contribution in [2.75, 3.05) is 11.4 Å². The fourth-order valence-electron chi connectivity index (χ4n) is 2.97. The zero-order chi connectivity index (χ0) is 18.3. The molecule has 2 heterocycles. The van der Waals surface area contributed by atoms with Crippen molar-refractivity contribution < 1.29 is 12.9 Å². The Morgan fingerprint density at radius 1 is 1.19 bits per heavy atom. The van der Waals surface area contributed by atoms with Gasteiger partial charge in [-0.15, -0.1) is 0 Å². The van der Waals surface area contributed by atoms with E-state index in [1.165, 1.54) is 6.07 Å². The molecule has 0 aliphatic carbocycles. The van der Waals surface area contributed by atoms with Crippen LogP contribution >= 0.6 is 11.6 Å². The fourth-order valence-corrected chi connectivity index (χ4v) is 3.62. The fraction of sp³-hybridized carbons (Fsp3) is 0.176. The lowest BCUT2D eigenvalue weighted by Crippen LogP contribution is -2.20. The van der Waals surface area contributed by atoms with Gasteiger partial charge in [0.15, 0.2) is 0 Å². The Morgan fingerprint density at radius 2 is 1.96 bits per heavy atom. The zero-order valence-corrected chi connectivity index (χ0v) is 15.2. The molecule has 134 valence electrons. The normalized spacial score (nSPS) is 13.8. The van der Waals surface area contributed by atoms with Gasteiger partial charge in [0.25, 0.3) is 0 Å². The molecule has 0 fully saturated rings. The minimum absolute atomic E-state index is 0.0931. The number of halogens is 1. The van der Waals surface area contributed by atoms with E-state index in [0.717, 1.165) is 29.8 Å². The zero-order valence-electron chi connectivity index (χ0n) is 13.6. The van der Waals surface area contributed by atoms with Crippen molar-refractivity contribution in [3.63, 3.8) is 0 Å². The summed E-state index contributed by atoms with van der Waals surface area (Å²) in [4.78, 5) is 6.51. The summed E-state index contributed by atoms with van der Waals surface area (Å²) in [6.07, 6.45) is 0.818. The van der Waals surface area contributed by atoms with Crippen molar-refractivity contribution in [3.8, 4) is 11.4 Å². The predicted molar refractivity (Wildman–Crippen MR) is 97.3 cm³/mol. The molecule has 2 N–H and O–H groups in total. The molecule has 0 unspecified atom stereocenters. The lowest BCUT2D eigenvalue weighted by Gasteiger charge is -2.17. The summed E-state index contributed by atoms with van der Waals surface area (Å²) in [5.41, 5.74) is 2.69. The molecule has 1 aromatic heterocycles. The van der Waals surface area contributed by atoms with Gasteiger partial charge < -0.3 is 9.42 Å². The molecule has 0 amide bonds. The van der Waals surface area contributed by atoms with Crippen LogP contribution in [0.1, 0.15) is 11.5 Å². The first-order valence-electron chi connectivity index (χ1n) is 7.89. The third-order valence-electron chi connectivity index (χ3n) is 4.27. The second-order valence-electron chi connectivity index (χ2n) is 6.03. The van der Waals surface area contributed by atoms with Crippen LogP contribution in [0.3, 0.4) is 0 Å². The summed E-state index contributed by atoms with van der Waals surface area (Å²) >= 11 is 5.89. The van der Waals surface area contributed by atoms with Crippen LogP contribution in [-0.4, -0.2) is 25.1 Å². The van der Waals surface area contributed by atoms with Crippen LogP contribution in [-0.2, 0) is 23.0 Å². The average molecular weight is 391 g/mol. The van der Waals surface area contributed by atoms with Gasteiger partial charge in [0, 0.05) is 22.8 Å². The summed E-state index contributed by atoms with van der Waals surface area (Å²) < 4.78 is 28.5. The number of nitrogens with two attached hydrogens (primary N) is 1. The largest absolute Gasteiger partial charge is 0.362 e. The van der Waals surface area contributed by atoms with Gasteiger partial charge in [0.1, 0.15) is 0 Å². The summed E-state index contributed by atoms with van der Waals surface area (Å²) in [6.45, 7) is 1.13. The van der Waals surface area contributed by atoms with Gasteiger partial charge in [0.2, 0.25) is 21.7 Å². The Balaban J connectivity index is 1.58. The van der Waals surface area contributed by atoms with Crippen LogP contribution in [0.25, 0.3) is 11.4 Å². The first kappa shape index (κ1) is 17.0. The van der Waals surface area contributed by atoms with E-state index in [9.17, 15) is 8.42 Å². The topological polar surface area (TPSA) is 102 Å².